The summed E-state index contributed by atoms with van der Waals surface area (Å²) in [5, 5.41) is 2.86. The molecule has 1 amide bonds. The summed E-state index contributed by atoms with van der Waals surface area (Å²) in [6.07, 6.45) is 3.99. The van der Waals surface area contributed by atoms with Crippen molar-refractivity contribution in [3.8, 4) is 0 Å². The topological polar surface area (TPSA) is 89.3 Å². The van der Waals surface area contributed by atoms with Crippen LogP contribution >= 0.6 is 0 Å². The molecule has 17 heavy (non-hydrogen) atoms. The Kier molecular flexibility index (Phi) is 3.73. The lowest BCUT2D eigenvalue weighted by Gasteiger charge is -2.26. The first kappa shape index (κ1) is 12.8. The molecule has 2 fully saturated rings. The number of hydrogen-bond donors (Lipinski definition) is 2. The predicted molar refractivity (Wildman–Crippen MR) is 65.1 cm³/mol. The van der Waals surface area contributed by atoms with Crippen LogP contribution in [-0.4, -0.2) is 37.9 Å². The lowest BCUT2D eigenvalue weighted by atomic mass is 9.86. The molecule has 2 aliphatic rings. The van der Waals surface area contributed by atoms with Crippen molar-refractivity contribution in [1.29, 1.82) is 0 Å². The van der Waals surface area contributed by atoms with Crippen LogP contribution in [0.15, 0.2) is 0 Å². The largest absolute Gasteiger partial charge is 0.352 e. The number of nitrogens with two attached hydrogens (primary N) is 1. The molecule has 0 aromatic heterocycles. The SMILES string of the molecule is NC1CCC(C(=O)NC2CCS(=O)(=O)C2)CC1. The molecule has 1 aliphatic carbocycles. The molecular formula is C11H20N2O3S. The lowest BCUT2D eigenvalue weighted by molar-refractivity contribution is -0.126. The standard InChI is InChI=1S/C11H20N2O3S/c12-9-3-1-8(2-4-9)11(14)13-10-5-6-17(15,16)7-10/h8-10H,1-7,12H2,(H,13,14). The van der Waals surface area contributed by atoms with Gasteiger partial charge in [-0.3, -0.25) is 4.79 Å². The number of amides is 1. The Morgan fingerprint density at radius 1 is 1.12 bits per heavy atom. The lowest BCUT2D eigenvalue weighted by Crippen LogP contribution is -2.41. The number of carbonyl (C=O) groups is 1. The van der Waals surface area contributed by atoms with E-state index in [1.165, 1.54) is 0 Å². The fourth-order valence-corrected chi connectivity index (χ4v) is 4.28. The zero-order valence-corrected chi connectivity index (χ0v) is 10.7. The number of sulfone groups is 1. The highest BCUT2D eigenvalue weighted by molar-refractivity contribution is 7.91. The van der Waals surface area contributed by atoms with Crippen LogP contribution in [0.25, 0.3) is 0 Å². The minimum absolute atomic E-state index is 0.0130. The van der Waals surface area contributed by atoms with E-state index in [0.717, 1.165) is 25.7 Å². The Morgan fingerprint density at radius 3 is 2.29 bits per heavy atom. The molecule has 0 aromatic carbocycles. The second-order valence-corrected chi connectivity index (χ2v) is 7.45. The molecule has 1 saturated carbocycles. The number of carbonyl (C=O) groups excluding carboxylic acids is 1. The van der Waals surface area contributed by atoms with E-state index in [4.69, 9.17) is 5.73 Å². The van der Waals surface area contributed by atoms with Gasteiger partial charge in [-0.25, -0.2) is 8.42 Å². The first-order valence-corrected chi connectivity index (χ1v) is 8.05. The summed E-state index contributed by atoms with van der Waals surface area (Å²) < 4.78 is 22.5. The molecule has 1 saturated heterocycles. The van der Waals surface area contributed by atoms with E-state index in [-0.39, 0.29) is 35.4 Å². The van der Waals surface area contributed by atoms with Gasteiger partial charge < -0.3 is 11.1 Å². The van der Waals surface area contributed by atoms with Crippen LogP contribution in [-0.2, 0) is 14.6 Å². The third-order valence-corrected chi connectivity index (χ3v) is 5.49. The first-order chi connectivity index (χ1) is 7.96. The van der Waals surface area contributed by atoms with Gasteiger partial charge in [-0.1, -0.05) is 0 Å². The summed E-state index contributed by atoms with van der Waals surface area (Å²) in [6.45, 7) is 0. The number of rotatable bonds is 2. The highest BCUT2D eigenvalue weighted by Crippen LogP contribution is 2.24. The summed E-state index contributed by atoms with van der Waals surface area (Å²) >= 11 is 0. The van der Waals surface area contributed by atoms with Gasteiger partial charge in [0.1, 0.15) is 0 Å². The van der Waals surface area contributed by atoms with Gasteiger partial charge in [0.2, 0.25) is 5.91 Å². The van der Waals surface area contributed by atoms with Gasteiger partial charge in [0, 0.05) is 18.0 Å². The fraction of sp³-hybridized carbons (Fsp3) is 0.909. The van der Waals surface area contributed by atoms with Crippen LogP contribution in [0.4, 0.5) is 0 Å². The zero-order valence-electron chi connectivity index (χ0n) is 9.89. The molecule has 98 valence electrons. The van der Waals surface area contributed by atoms with Crippen molar-refractivity contribution in [3.05, 3.63) is 0 Å². The van der Waals surface area contributed by atoms with Gasteiger partial charge in [-0.2, -0.15) is 0 Å². The normalized spacial score (nSPS) is 36.6. The summed E-state index contributed by atoms with van der Waals surface area (Å²) in [4.78, 5) is 11.9. The Bertz CT molecular complexity index is 386. The molecule has 3 N–H and O–H groups in total. The Balaban J connectivity index is 1.82. The van der Waals surface area contributed by atoms with Crippen molar-refractivity contribution in [1.82, 2.24) is 5.32 Å². The number of hydrogen-bond acceptors (Lipinski definition) is 4. The van der Waals surface area contributed by atoms with E-state index in [0.29, 0.717) is 6.42 Å². The molecule has 5 nitrogen and oxygen atoms in total. The average Bonchev–Trinajstić information content (AvgIpc) is 2.59. The van der Waals surface area contributed by atoms with E-state index in [2.05, 4.69) is 5.32 Å². The zero-order chi connectivity index (χ0) is 12.5. The Labute approximate surface area is 102 Å². The molecule has 1 heterocycles. The average molecular weight is 260 g/mol. The highest BCUT2D eigenvalue weighted by Gasteiger charge is 2.31. The van der Waals surface area contributed by atoms with Crippen LogP contribution in [0, 0.1) is 5.92 Å². The van der Waals surface area contributed by atoms with E-state index < -0.39 is 9.84 Å². The smallest absolute Gasteiger partial charge is 0.223 e. The van der Waals surface area contributed by atoms with Crippen LogP contribution in [0.3, 0.4) is 0 Å². The van der Waals surface area contributed by atoms with Gasteiger partial charge >= 0.3 is 0 Å². The van der Waals surface area contributed by atoms with Gasteiger partial charge in [-0.15, -0.1) is 0 Å². The second kappa shape index (κ2) is 4.94. The van der Waals surface area contributed by atoms with Crippen LogP contribution in [0.2, 0.25) is 0 Å². The molecule has 6 heteroatoms. The van der Waals surface area contributed by atoms with Crippen molar-refractivity contribution in [2.45, 2.75) is 44.2 Å². The Hall–Kier alpha value is -0.620. The Morgan fingerprint density at radius 2 is 1.76 bits per heavy atom. The van der Waals surface area contributed by atoms with Crippen molar-refractivity contribution in [2.75, 3.05) is 11.5 Å². The van der Waals surface area contributed by atoms with Crippen LogP contribution < -0.4 is 11.1 Å². The quantitative estimate of drug-likeness (QED) is 0.720. The van der Waals surface area contributed by atoms with Gasteiger partial charge in [0.15, 0.2) is 9.84 Å². The van der Waals surface area contributed by atoms with E-state index in [1.54, 1.807) is 0 Å². The highest BCUT2D eigenvalue weighted by atomic mass is 32.2. The van der Waals surface area contributed by atoms with Crippen LogP contribution in [0.5, 0.6) is 0 Å². The second-order valence-electron chi connectivity index (χ2n) is 5.22. The third-order valence-electron chi connectivity index (χ3n) is 3.72. The van der Waals surface area contributed by atoms with Gasteiger partial charge in [-0.05, 0) is 32.1 Å². The predicted octanol–water partition coefficient (Wildman–Crippen LogP) is -0.193. The molecule has 1 atom stereocenters. The van der Waals surface area contributed by atoms with E-state index in [9.17, 15) is 13.2 Å². The molecular weight excluding hydrogens is 240 g/mol. The molecule has 0 bridgehead atoms. The van der Waals surface area contributed by atoms with Gasteiger partial charge in [0.25, 0.3) is 0 Å². The van der Waals surface area contributed by atoms with Crippen molar-refractivity contribution >= 4 is 15.7 Å². The summed E-state index contributed by atoms with van der Waals surface area (Å²) in [7, 11) is -2.92. The summed E-state index contributed by atoms with van der Waals surface area (Å²) in [6, 6.07) is 0.0500. The minimum Gasteiger partial charge on any atom is -0.352 e. The van der Waals surface area contributed by atoms with E-state index in [1.807, 2.05) is 0 Å². The van der Waals surface area contributed by atoms with E-state index >= 15 is 0 Å². The minimum atomic E-state index is -2.92. The maximum Gasteiger partial charge on any atom is 0.223 e. The first-order valence-electron chi connectivity index (χ1n) is 6.22. The molecule has 0 spiro atoms. The molecule has 0 radical (unpaired) electrons. The van der Waals surface area contributed by atoms with Crippen molar-refractivity contribution < 1.29 is 13.2 Å². The number of nitrogens with one attached hydrogen (secondary N) is 1. The van der Waals surface area contributed by atoms with Crippen molar-refractivity contribution in [2.24, 2.45) is 11.7 Å². The fourth-order valence-electron chi connectivity index (χ4n) is 2.61. The van der Waals surface area contributed by atoms with Crippen molar-refractivity contribution in [3.63, 3.8) is 0 Å². The molecule has 1 unspecified atom stereocenters. The maximum absolute atomic E-state index is 11.9. The van der Waals surface area contributed by atoms with Crippen LogP contribution in [0.1, 0.15) is 32.1 Å². The molecule has 2 rings (SSSR count). The molecule has 0 aromatic rings. The maximum atomic E-state index is 11.9. The summed E-state index contributed by atoms with van der Waals surface area (Å²) in [5.41, 5.74) is 5.79. The third kappa shape index (κ3) is 3.42. The monoisotopic (exact) mass is 260 g/mol. The van der Waals surface area contributed by atoms with Gasteiger partial charge in [0.05, 0.1) is 11.5 Å². The summed E-state index contributed by atoms with van der Waals surface area (Å²) in [5.74, 6) is 0.343. The molecule has 1 aliphatic heterocycles.